The van der Waals surface area contributed by atoms with Crippen molar-refractivity contribution in [1.82, 2.24) is 4.90 Å². The Labute approximate surface area is 98.9 Å². The van der Waals surface area contributed by atoms with E-state index in [9.17, 15) is 14.7 Å². The zero-order chi connectivity index (χ0) is 12.2. The standard InChI is InChI=1S/C13H13NO3/c1-14-12(16)9-6-7-4-2-3-5-8(7)11(15)10(9)13(14)17/h2-5,9-11,15H,6H2,1H3/t9-,10-,11+/m0/s1. The number of amides is 2. The molecule has 0 aromatic heterocycles. The summed E-state index contributed by atoms with van der Waals surface area (Å²) in [6, 6.07) is 7.46. The van der Waals surface area contributed by atoms with Gasteiger partial charge < -0.3 is 5.11 Å². The van der Waals surface area contributed by atoms with Crippen LogP contribution < -0.4 is 0 Å². The molecule has 3 rings (SSSR count). The molecule has 4 heteroatoms. The van der Waals surface area contributed by atoms with Gasteiger partial charge in [0.15, 0.2) is 0 Å². The minimum Gasteiger partial charge on any atom is -0.388 e. The van der Waals surface area contributed by atoms with Gasteiger partial charge in [-0.3, -0.25) is 14.5 Å². The number of aliphatic hydroxyl groups is 1. The molecular weight excluding hydrogens is 218 g/mol. The van der Waals surface area contributed by atoms with Crippen LogP contribution in [0, 0.1) is 11.8 Å². The van der Waals surface area contributed by atoms with Gasteiger partial charge in [0.05, 0.1) is 17.9 Å². The van der Waals surface area contributed by atoms with Crippen LogP contribution in [-0.4, -0.2) is 28.9 Å². The second-order valence-corrected chi connectivity index (χ2v) is 4.72. The minimum absolute atomic E-state index is 0.173. The van der Waals surface area contributed by atoms with Gasteiger partial charge in [-0.25, -0.2) is 0 Å². The molecule has 1 aliphatic heterocycles. The average molecular weight is 231 g/mol. The first kappa shape index (κ1) is 10.5. The highest BCUT2D eigenvalue weighted by Gasteiger charge is 2.52. The van der Waals surface area contributed by atoms with Crippen LogP contribution in [0.1, 0.15) is 17.2 Å². The van der Waals surface area contributed by atoms with Crippen molar-refractivity contribution in [3.63, 3.8) is 0 Å². The molecule has 2 aliphatic rings. The number of carbonyl (C=O) groups excluding carboxylic acids is 2. The van der Waals surface area contributed by atoms with Crippen molar-refractivity contribution in [3.05, 3.63) is 35.4 Å². The smallest absolute Gasteiger partial charge is 0.235 e. The number of fused-ring (bicyclic) bond motifs is 2. The van der Waals surface area contributed by atoms with Crippen molar-refractivity contribution < 1.29 is 14.7 Å². The lowest BCUT2D eigenvalue weighted by atomic mass is 9.75. The van der Waals surface area contributed by atoms with Gasteiger partial charge in [0.2, 0.25) is 11.8 Å². The molecule has 1 N–H and O–H groups in total. The van der Waals surface area contributed by atoms with E-state index in [0.717, 1.165) is 16.0 Å². The summed E-state index contributed by atoms with van der Waals surface area (Å²) in [5.41, 5.74) is 1.75. The largest absolute Gasteiger partial charge is 0.388 e. The molecule has 1 aromatic carbocycles. The van der Waals surface area contributed by atoms with E-state index < -0.39 is 17.9 Å². The highest BCUT2D eigenvalue weighted by molar-refractivity contribution is 6.05. The fraction of sp³-hybridized carbons (Fsp3) is 0.385. The lowest BCUT2D eigenvalue weighted by Gasteiger charge is -2.29. The number of hydrogen-bond donors (Lipinski definition) is 1. The maximum absolute atomic E-state index is 11.9. The highest BCUT2D eigenvalue weighted by atomic mass is 16.3. The van der Waals surface area contributed by atoms with Crippen molar-refractivity contribution in [2.75, 3.05) is 7.05 Å². The molecule has 2 amide bonds. The van der Waals surface area contributed by atoms with Gasteiger partial charge in [-0.1, -0.05) is 24.3 Å². The molecule has 0 unspecified atom stereocenters. The first-order chi connectivity index (χ1) is 8.11. The van der Waals surface area contributed by atoms with Gasteiger partial charge >= 0.3 is 0 Å². The number of carbonyl (C=O) groups is 2. The van der Waals surface area contributed by atoms with E-state index in [-0.39, 0.29) is 11.8 Å². The Hall–Kier alpha value is -1.68. The number of likely N-dealkylation sites (tertiary alicyclic amines) is 1. The number of rotatable bonds is 0. The quantitative estimate of drug-likeness (QED) is 0.662. The maximum Gasteiger partial charge on any atom is 0.235 e. The third kappa shape index (κ3) is 1.27. The normalized spacial score (nSPS) is 31.4. The second kappa shape index (κ2) is 3.40. The minimum atomic E-state index is -0.855. The Morgan fingerprint density at radius 1 is 1.24 bits per heavy atom. The predicted molar refractivity (Wildman–Crippen MR) is 59.9 cm³/mol. The Morgan fingerprint density at radius 2 is 1.94 bits per heavy atom. The van der Waals surface area contributed by atoms with Crippen molar-refractivity contribution >= 4 is 11.8 Å². The first-order valence-corrected chi connectivity index (χ1v) is 5.68. The summed E-state index contributed by atoms with van der Waals surface area (Å²) in [7, 11) is 1.49. The molecule has 1 aromatic rings. The summed E-state index contributed by atoms with van der Waals surface area (Å²) in [6.45, 7) is 0. The summed E-state index contributed by atoms with van der Waals surface area (Å²) < 4.78 is 0. The molecule has 0 bridgehead atoms. The number of aliphatic hydroxyl groups excluding tert-OH is 1. The first-order valence-electron chi connectivity index (χ1n) is 5.68. The molecule has 0 radical (unpaired) electrons. The maximum atomic E-state index is 11.9. The monoisotopic (exact) mass is 231 g/mol. The molecule has 88 valence electrons. The van der Waals surface area contributed by atoms with Gasteiger partial charge in [0.25, 0.3) is 0 Å². The highest BCUT2D eigenvalue weighted by Crippen LogP contribution is 2.43. The van der Waals surface area contributed by atoms with Crippen molar-refractivity contribution in [1.29, 1.82) is 0 Å². The number of benzene rings is 1. The van der Waals surface area contributed by atoms with E-state index in [1.165, 1.54) is 7.05 Å². The molecule has 3 atom stereocenters. The third-order valence-electron chi connectivity index (χ3n) is 3.85. The van der Waals surface area contributed by atoms with Crippen molar-refractivity contribution in [3.8, 4) is 0 Å². The van der Waals surface area contributed by atoms with Crippen LogP contribution in [0.3, 0.4) is 0 Å². The zero-order valence-corrected chi connectivity index (χ0v) is 9.46. The van der Waals surface area contributed by atoms with E-state index >= 15 is 0 Å². The number of nitrogens with zero attached hydrogens (tertiary/aromatic N) is 1. The van der Waals surface area contributed by atoms with Gasteiger partial charge in [-0.2, -0.15) is 0 Å². The van der Waals surface area contributed by atoms with Crippen LogP contribution in [0.25, 0.3) is 0 Å². The molecule has 1 fully saturated rings. The third-order valence-corrected chi connectivity index (χ3v) is 3.85. The van der Waals surface area contributed by atoms with Gasteiger partial charge in [0, 0.05) is 7.05 Å². The Bertz CT molecular complexity index is 511. The summed E-state index contributed by atoms with van der Waals surface area (Å²) in [5.74, 6) is -1.42. The van der Waals surface area contributed by atoms with Gasteiger partial charge in [-0.05, 0) is 17.5 Å². The summed E-state index contributed by atoms with van der Waals surface area (Å²) in [5, 5.41) is 10.2. The van der Waals surface area contributed by atoms with E-state index in [2.05, 4.69) is 0 Å². The summed E-state index contributed by atoms with van der Waals surface area (Å²) >= 11 is 0. The van der Waals surface area contributed by atoms with Crippen molar-refractivity contribution in [2.45, 2.75) is 12.5 Å². The zero-order valence-electron chi connectivity index (χ0n) is 9.46. The van der Waals surface area contributed by atoms with Crippen LogP contribution in [0.2, 0.25) is 0 Å². The van der Waals surface area contributed by atoms with Crippen LogP contribution in [0.15, 0.2) is 24.3 Å². The number of imide groups is 1. The Morgan fingerprint density at radius 3 is 2.71 bits per heavy atom. The molecular formula is C13H13NO3. The Balaban J connectivity index is 2.10. The molecule has 1 saturated heterocycles. The predicted octanol–water partition coefficient (Wildman–Crippen LogP) is 0.507. The Kier molecular flexibility index (Phi) is 2.10. The topological polar surface area (TPSA) is 57.6 Å². The average Bonchev–Trinajstić information content (AvgIpc) is 2.55. The molecule has 4 nitrogen and oxygen atoms in total. The van der Waals surface area contributed by atoms with Crippen molar-refractivity contribution in [2.24, 2.45) is 11.8 Å². The van der Waals surface area contributed by atoms with E-state index in [1.54, 1.807) is 0 Å². The van der Waals surface area contributed by atoms with E-state index in [4.69, 9.17) is 0 Å². The van der Waals surface area contributed by atoms with E-state index in [0.29, 0.717) is 6.42 Å². The van der Waals surface area contributed by atoms with Crippen LogP contribution >= 0.6 is 0 Å². The van der Waals surface area contributed by atoms with Gasteiger partial charge in [0.1, 0.15) is 0 Å². The summed E-state index contributed by atoms with van der Waals surface area (Å²) in [6.07, 6.45) is -0.307. The SMILES string of the molecule is CN1C(=O)[C@H]2[C@H](Cc3ccccc3[C@H]2O)C1=O. The van der Waals surface area contributed by atoms with E-state index in [1.807, 2.05) is 24.3 Å². The molecule has 1 aliphatic carbocycles. The summed E-state index contributed by atoms with van der Waals surface area (Å²) in [4.78, 5) is 25.0. The molecule has 0 saturated carbocycles. The lowest BCUT2D eigenvalue weighted by molar-refractivity contribution is -0.138. The molecule has 17 heavy (non-hydrogen) atoms. The van der Waals surface area contributed by atoms with Crippen LogP contribution in [0.4, 0.5) is 0 Å². The second-order valence-electron chi connectivity index (χ2n) is 4.72. The fourth-order valence-corrected chi connectivity index (χ4v) is 2.92. The molecule has 0 spiro atoms. The van der Waals surface area contributed by atoms with Gasteiger partial charge in [-0.15, -0.1) is 0 Å². The molecule has 1 heterocycles. The fourth-order valence-electron chi connectivity index (χ4n) is 2.92. The van der Waals surface area contributed by atoms with Crippen LogP contribution in [0.5, 0.6) is 0 Å². The number of hydrogen-bond acceptors (Lipinski definition) is 3. The lowest BCUT2D eigenvalue weighted by Crippen LogP contribution is -2.31. The van der Waals surface area contributed by atoms with Crippen LogP contribution in [-0.2, 0) is 16.0 Å².